The third-order valence-corrected chi connectivity index (χ3v) is 6.31. The van der Waals surface area contributed by atoms with Crippen LogP contribution >= 0.6 is 23.4 Å². The second-order valence-electron chi connectivity index (χ2n) is 4.74. The van der Waals surface area contributed by atoms with Gasteiger partial charge in [0, 0.05) is 0 Å². The van der Waals surface area contributed by atoms with Crippen molar-refractivity contribution in [1.29, 1.82) is 0 Å². The predicted molar refractivity (Wildman–Crippen MR) is 82.2 cm³/mol. The molecule has 10 heteroatoms. The summed E-state index contributed by atoms with van der Waals surface area (Å²) in [5.41, 5.74) is 5.55. The molecule has 0 aromatic heterocycles. The van der Waals surface area contributed by atoms with E-state index in [9.17, 15) is 18.0 Å². The molecule has 122 valence electrons. The number of carbonyl (C=O) groups is 2. The van der Waals surface area contributed by atoms with Crippen LogP contribution in [0.4, 0.5) is 0 Å². The Morgan fingerprint density at radius 3 is 2.67 bits per heavy atom. The molecule has 1 aliphatic heterocycles. The highest BCUT2D eigenvalue weighted by molar-refractivity contribution is 7.99. The van der Waals surface area contributed by atoms with Crippen molar-refractivity contribution in [3.63, 3.8) is 0 Å². The summed E-state index contributed by atoms with van der Waals surface area (Å²) in [7, 11) is -1.90. The number of rotatable bonds is 7. The Labute approximate surface area is 133 Å². The second-order valence-corrected chi connectivity index (χ2v) is 8.56. The fourth-order valence-corrected chi connectivity index (χ4v) is 5.21. The lowest BCUT2D eigenvalue weighted by Crippen LogP contribution is -2.41. The molecule has 1 amide bonds. The minimum absolute atomic E-state index is 0.110. The fraction of sp³-hybridized carbons (Fsp3) is 0.818. The number of sulfone groups is 1. The second kappa shape index (κ2) is 8.21. The van der Waals surface area contributed by atoms with Crippen molar-refractivity contribution in [2.75, 3.05) is 30.1 Å². The largest absolute Gasteiger partial charge is 0.468 e. The zero-order valence-corrected chi connectivity index (χ0v) is 14.0. The highest BCUT2D eigenvalue weighted by atomic mass is 35.5. The normalized spacial score (nSPS) is 25.3. The van der Waals surface area contributed by atoms with Gasteiger partial charge in [-0.2, -0.15) is 11.8 Å². The van der Waals surface area contributed by atoms with E-state index in [4.69, 9.17) is 17.3 Å². The van der Waals surface area contributed by atoms with Crippen molar-refractivity contribution in [3.8, 4) is 0 Å². The molecule has 0 radical (unpaired) electrons. The van der Waals surface area contributed by atoms with Crippen LogP contribution in [-0.2, 0) is 24.2 Å². The molecule has 3 unspecified atom stereocenters. The molecule has 1 saturated heterocycles. The van der Waals surface area contributed by atoms with E-state index in [0.717, 1.165) is 0 Å². The summed E-state index contributed by atoms with van der Waals surface area (Å²) in [5.74, 6) is -0.309. The van der Waals surface area contributed by atoms with Crippen LogP contribution in [0.15, 0.2) is 0 Å². The number of alkyl halides is 1. The molecule has 0 aromatic carbocycles. The minimum Gasteiger partial charge on any atom is -0.468 e. The molecule has 1 rings (SSSR count). The summed E-state index contributed by atoms with van der Waals surface area (Å²) in [6.07, 6.45) is 0.403. The van der Waals surface area contributed by atoms with Crippen LogP contribution in [-0.4, -0.2) is 67.9 Å². The van der Waals surface area contributed by atoms with Crippen molar-refractivity contribution in [2.24, 2.45) is 5.73 Å². The van der Waals surface area contributed by atoms with Gasteiger partial charge in [0.2, 0.25) is 5.91 Å². The van der Waals surface area contributed by atoms with E-state index < -0.39 is 33.3 Å². The Balaban J connectivity index is 2.22. The van der Waals surface area contributed by atoms with Gasteiger partial charge >= 0.3 is 5.97 Å². The van der Waals surface area contributed by atoms with Gasteiger partial charge in [-0.05, 0) is 12.2 Å². The SMILES string of the molecule is COC(=O)C(N)CCSCC(=O)NC1CS(=O)(=O)CC1Cl. The Morgan fingerprint density at radius 2 is 2.14 bits per heavy atom. The molecule has 1 aliphatic rings. The monoisotopic (exact) mass is 358 g/mol. The zero-order chi connectivity index (χ0) is 16.0. The molecule has 0 aliphatic carbocycles. The average molecular weight is 359 g/mol. The van der Waals surface area contributed by atoms with Gasteiger partial charge in [-0.15, -0.1) is 11.6 Å². The number of carbonyl (C=O) groups excluding carboxylic acids is 2. The Hall–Kier alpha value is -0.510. The highest BCUT2D eigenvalue weighted by Crippen LogP contribution is 2.18. The first-order valence-corrected chi connectivity index (χ1v) is 9.71. The van der Waals surface area contributed by atoms with Crippen LogP contribution in [0.2, 0.25) is 0 Å². The fourth-order valence-electron chi connectivity index (χ4n) is 1.83. The molecular weight excluding hydrogens is 340 g/mol. The van der Waals surface area contributed by atoms with E-state index in [1.807, 2.05) is 0 Å². The molecule has 0 saturated carbocycles. The molecule has 3 atom stereocenters. The number of thioether (sulfide) groups is 1. The quantitative estimate of drug-likeness (QED) is 0.345. The molecule has 3 N–H and O–H groups in total. The van der Waals surface area contributed by atoms with Crippen LogP contribution in [0.5, 0.6) is 0 Å². The lowest BCUT2D eigenvalue weighted by molar-refractivity contribution is -0.142. The first kappa shape index (κ1) is 18.5. The third-order valence-electron chi connectivity index (χ3n) is 2.94. The van der Waals surface area contributed by atoms with Crippen molar-refractivity contribution in [3.05, 3.63) is 0 Å². The summed E-state index contributed by atoms with van der Waals surface area (Å²) < 4.78 is 27.2. The van der Waals surface area contributed by atoms with Gasteiger partial charge in [-0.1, -0.05) is 0 Å². The van der Waals surface area contributed by atoms with Crippen LogP contribution in [0.3, 0.4) is 0 Å². The molecular formula is C11H19ClN2O5S2. The number of halogens is 1. The number of methoxy groups -OCH3 is 1. The number of amides is 1. The number of nitrogens with two attached hydrogens (primary N) is 1. The predicted octanol–water partition coefficient (Wildman–Crippen LogP) is -0.869. The Morgan fingerprint density at radius 1 is 1.48 bits per heavy atom. The molecule has 21 heavy (non-hydrogen) atoms. The number of esters is 1. The lowest BCUT2D eigenvalue weighted by atomic mass is 10.2. The van der Waals surface area contributed by atoms with Crippen molar-refractivity contribution < 1.29 is 22.7 Å². The maximum absolute atomic E-state index is 11.7. The maximum atomic E-state index is 11.7. The average Bonchev–Trinajstić information content (AvgIpc) is 2.66. The van der Waals surface area contributed by atoms with E-state index in [2.05, 4.69) is 10.1 Å². The van der Waals surface area contributed by atoms with Crippen LogP contribution in [0, 0.1) is 0 Å². The Bertz CT molecular complexity index is 485. The summed E-state index contributed by atoms with van der Waals surface area (Å²) in [6, 6.07) is -1.24. The number of hydrogen-bond donors (Lipinski definition) is 2. The number of nitrogens with one attached hydrogen (secondary N) is 1. The van der Waals surface area contributed by atoms with E-state index in [1.54, 1.807) is 0 Å². The molecule has 0 spiro atoms. The summed E-state index contributed by atoms with van der Waals surface area (Å²) in [4.78, 5) is 22.7. The smallest absolute Gasteiger partial charge is 0.322 e. The van der Waals surface area contributed by atoms with Gasteiger partial charge in [0.25, 0.3) is 0 Å². The van der Waals surface area contributed by atoms with Crippen molar-refractivity contribution in [2.45, 2.75) is 23.9 Å². The van der Waals surface area contributed by atoms with E-state index in [1.165, 1.54) is 18.9 Å². The van der Waals surface area contributed by atoms with Gasteiger partial charge in [0.15, 0.2) is 9.84 Å². The van der Waals surface area contributed by atoms with Crippen LogP contribution in [0.1, 0.15) is 6.42 Å². The van der Waals surface area contributed by atoms with Gasteiger partial charge in [-0.25, -0.2) is 8.42 Å². The highest BCUT2D eigenvalue weighted by Gasteiger charge is 2.37. The van der Waals surface area contributed by atoms with Crippen molar-refractivity contribution >= 4 is 45.1 Å². The lowest BCUT2D eigenvalue weighted by Gasteiger charge is -2.14. The first-order chi connectivity index (χ1) is 9.75. The van der Waals surface area contributed by atoms with Crippen molar-refractivity contribution in [1.82, 2.24) is 5.32 Å². The number of ether oxygens (including phenoxy) is 1. The van der Waals surface area contributed by atoms with Gasteiger partial charge in [0.1, 0.15) is 6.04 Å². The summed E-state index contributed by atoms with van der Waals surface area (Å²) in [5, 5.41) is 2.03. The van der Waals surface area contributed by atoms with Crippen LogP contribution in [0.25, 0.3) is 0 Å². The topological polar surface area (TPSA) is 116 Å². The van der Waals surface area contributed by atoms with E-state index in [-0.39, 0.29) is 23.2 Å². The third kappa shape index (κ3) is 6.41. The summed E-state index contributed by atoms with van der Waals surface area (Å²) in [6.45, 7) is 0. The number of hydrogen-bond acceptors (Lipinski definition) is 7. The standard InChI is InChI=1S/C11H19ClN2O5S2/c1-19-11(16)8(13)2-3-20-4-10(15)14-9-6-21(17,18)5-7(9)12/h7-9H,2-6,13H2,1H3,(H,14,15). The zero-order valence-electron chi connectivity index (χ0n) is 11.6. The maximum Gasteiger partial charge on any atom is 0.322 e. The molecule has 1 fully saturated rings. The molecule has 0 bridgehead atoms. The Kier molecular flexibility index (Phi) is 7.25. The molecule has 1 heterocycles. The van der Waals surface area contributed by atoms with E-state index >= 15 is 0 Å². The van der Waals surface area contributed by atoms with Gasteiger partial charge < -0.3 is 15.8 Å². The first-order valence-electron chi connectivity index (χ1n) is 6.30. The van der Waals surface area contributed by atoms with Crippen LogP contribution < -0.4 is 11.1 Å². The van der Waals surface area contributed by atoms with Gasteiger partial charge in [-0.3, -0.25) is 9.59 Å². The minimum atomic E-state index is -3.16. The van der Waals surface area contributed by atoms with Gasteiger partial charge in [0.05, 0.1) is 35.8 Å². The van der Waals surface area contributed by atoms with E-state index in [0.29, 0.717) is 12.2 Å². The summed E-state index contributed by atoms with van der Waals surface area (Å²) >= 11 is 7.20. The molecule has 7 nitrogen and oxygen atoms in total. The molecule has 0 aromatic rings.